The van der Waals surface area contributed by atoms with Gasteiger partial charge < -0.3 is 20.4 Å². The van der Waals surface area contributed by atoms with Gasteiger partial charge in [-0.3, -0.25) is 0 Å². The summed E-state index contributed by atoms with van der Waals surface area (Å²) in [6.07, 6.45) is -2.75. The highest BCUT2D eigenvalue weighted by Crippen LogP contribution is 2.19. The lowest BCUT2D eigenvalue weighted by atomic mass is 9.87. The van der Waals surface area contributed by atoms with E-state index >= 15 is 0 Å². The van der Waals surface area contributed by atoms with Crippen molar-refractivity contribution in [3.63, 3.8) is 0 Å². The van der Waals surface area contributed by atoms with E-state index in [0.29, 0.717) is 4.90 Å². The molecule has 0 saturated heterocycles. The van der Waals surface area contributed by atoms with Gasteiger partial charge in [0.05, 0.1) is 13.2 Å². The summed E-state index contributed by atoms with van der Waals surface area (Å²) in [4.78, 5) is 23.5. The van der Waals surface area contributed by atoms with Gasteiger partial charge in [0.2, 0.25) is 0 Å². The van der Waals surface area contributed by atoms with Gasteiger partial charge in [-0.15, -0.1) is 0 Å². The molecule has 3 N–H and O–H groups in total. The van der Waals surface area contributed by atoms with Gasteiger partial charge in [0.15, 0.2) is 0 Å². The molecule has 0 rings (SSSR count). The topological polar surface area (TPSA) is 89.9 Å². The van der Waals surface area contributed by atoms with Gasteiger partial charge in [-0.2, -0.15) is 0 Å². The van der Waals surface area contributed by atoms with Crippen LogP contribution in [0.1, 0.15) is 20.8 Å². The van der Waals surface area contributed by atoms with Crippen molar-refractivity contribution in [2.75, 3.05) is 19.7 Å². The number of carboxylic acid groups (broad SMARTS) is 1. The van der Waals surface area contributed by atoms with Crippen molar-refractivity contribution < 1.29 is 28.6 Å². The Labute approximate surface area is 110 Å². The van der Waals surface area contributed by atoms with Crippen LogP contribution in [-0.4, -0.2) is 59.3 Å². The zero-order valence-corrected chi connectivity index (χ0v) is 11.2. The maximum absolute atomic E-state index is 12.3. The molecule has 19 heavy (non-hydrogen) atoms. The third kappa shape index (κ3) is 6.32. The van der Waals surface area contributed by atoms with Crippen molar-refractivity contribution in [3.8, 4) is 0 Å². The minimum atomic E-state index is -2.75. The smallest absolute Gasteiger partial charge is 0.326 e. The van der Waals surface area contributed by atoms with Crippen molar-refractivity contribution in [1.82, 2.24) is 10.2 Å². The van der Waals surface area contributed by atoms with E-state index < -0.39 is 43.0 Å². The molecule has 0 bridgehead atoms. The Bertz CT molecular complexity index is 318. The Kier molecular flexibility index (Phi) is 6.68. The highest BCUT2D eigenvalue weighted by molar-refractivity contribution is 5.83. The molecule has 112 valence electrons. The van der Waals surface area contributed by atoms with Gasteiger partial charge in [0.1, 0.15) is 6.04 Å². The molecule has 0 aromatic rings. The van der Waals surface area contributed by atoms with E-state index in [2.05, 4.69) is 5.32 Å². The lowest BCUT2D eigenvalue weighted by molar-refractivity contribution is -0.142. The molecule has 0 aliphatic carbocycles. The number of hydrogen-bond acceptors (Lipinski definition) is 3. The maximum Gasteiger partial charge on any atom is 0.326 e. The number of amides is 2. The number of aliphatic hydroxyl groups excluding tert-OH is 1. The highest BCUT2D eigenvalue weighted by atomic mass is 19.3. The normalized spacial score (nSPS) is 13.2. The Morgan fingerprint density at radius 1 is 1.32 bits per heavy atom. The molecule has 0 aromatic carbocycles. The number of nitrogens with zero attached hydrogens (tertiary/aromatic N) is 1. The van der Waals surface area contributed by atoms with Crippen LogP contribution < -0.4 is 5.32 Å². The van der Waals surface area contributed by atoms with Crippen LogP contribution in [0.15, 0.2) is 0 Å². The largest absolute Gasteiger partial charge is 0.480 e. The van der Waals surface area contributed by atoms with Gasteiger partial charge in [-0.25, -0.2) is 18.4 Å². The predicted molar refractivity (Wildman–Crippen MR) is 64.1 cm³/mol. The highest BCUT2D eigenvalue weighted by Gasteiger charge is 2.34. The van der Waals surface area contributed by atoms with Crippen molar-refractivity contribution >= 4 is 12.0 Å². The van der Waals surface area contributed by atoms with Gasteiger partial charge in [0, 0.05) is 6.54 Å². The van der Waals surface area contributed by atoms with E-state index in [1.54, 1.807) is 20.8 Å². The SMILES string of the molecule is CC(C)(C)[C@@H](NC(=O)N(CCO)CC(F)F)C(=O)O. The predicted octanol–water partition coefficient (Wildman–Crippen LogP) is 0.755. The monoisotopic (exact) mass is 282 g/mol. The van der Waals surface area contributed by atoms with Gasteiger partial charge in [0.25, 0.3) is 6.43 Å². The van der Waals surface area contributed by atoms with E-state index in [-0.39, 0.29) is 6.54 Å². The maximum atomic E-state index is 12.3. The number of carbonyl (C=O) groups is 2. The fraction of sp³-hybridized carbons (Fsp3) is 0.818. The summed E-state index contributed by atoms with van der Waals surface area (Å²) in [6.45, 7) is 3.20. The van der Waals surface area contributed by atoms with Crippen LogP contribution in [0.5, 0.6) is 0 Å². The number of aliphatic hydroxyl groups is 1. The molecule has 1 atom stereocenters. The molecular formula is C11H20F2N2O4. The Morgan fingerprint density at radius 3 is 2.16 bits per heavy atom. The van der Waals surface area contributed by atoms with Crippen molar-refractivity contribution in [1.29, 1.82) is 0 Å². The fourth-order valence-electron chi connectivity index (χ4n) is 1.43. The van der Waals surface area contributed by atoms with E-state index in [4.69, 9.17) is 10.2 Å². The number of carboxylic acids is 1. The standard InChI is InChI=1S/C11H20F2N2O4/c1-11(2,3)8(9(17)18)14-10(19)15(4-5-16)6-7(12)13/h7-8,16H,4-6H2,1-3H3,(H,14,19)(H,17,18)/t8-/m0/s1. The molecule has 0 unspecified atom stereocenters. The van der Waals surface area contributed by atoms with Crippen LogP contribution >= 0.6 is 0 Å². The number of urea groups is 1. The number of rotatable bonds is 6. The number of nitrogens with one attached hydrogen (secondary N) is 1. The van der Waals surface area contributed by atoms with E-state index in [1.165, 1.54) is 0 Å². The number of hydrogen-bond donors (Lipinski definition) is 3. The quantitative estimate of drug-likeness (QED) is 0.670. The first-order chi connectivity index (χ1) is 8.59. The van der Waals surface area contributed by atoms with E-state index in [9.17, 15) is 18.4 Å². The summed E-state index contributed by atoms with van der Waals surface area (Å²) < 4.78 is 24.6. The van der Waals surface area contributed by atoms with Crippen LogP contribution in [0.2, 0.25) is 0 Å². The lowest BCUT2D eigenvalue weighted by Crippen LogP contribution is -2.54. The minimum absolute atomic E-state index is 0.285. The molecular weight excluding hydrogens is 262 g/mol. The van der Waals surface area contributed by atoms with Crippen molar-refractivity contribution in [2.24, 2.45) is 5.41 Å². The zero-order chi connectivity index (χ0) is 15.2. The fourth-order valence-corrected chi connectivity index (χ4v) is 1.43. The first-order valence-electron chi connectivity index (χ1n) is 5.76. The Balaban J connectivity index is 4.81. The second-order valence-corrected chi connectivity index (χ2v) is 5.15. The summed E-state index contributed by atoms with van der Waals surface area (Å²) in [5.74, 6) is -1.25. The van der Waals surface area contributed by atoms with Crippen LogP contribution in [-0.2, 0) is 4.79 Å². The first-order valence-corrected chi connectivity index (χ1v) is 5.76. The Hall–Kier alpha value is -1.44. The van der Waals surface area contributed by atoms with Crippen molar-refractivity contribution in [2.45, 2.75) is 33.2 Å². The average molecular weight is 282 g/mol. The molecule has 0 radical (unpaired) electrons. The van der Waals surface area contributed by atoms with Crippen LogP contribution in [0.4, 0.5) is 13.6 Å². The molecule has 0 saturated carbocycles. The third-order valence-electron chi connectivity index (χ3n) is 2.40. The van der Waals surface area contributed by atoms with E-state index in [0.717, 1.165) is 0 Å². The Morgan fingerprint density at radius 2 is 1.84 bits per heavy atom. The molecule has 0 heterocycles. The molecule has 2 amide bonds. The average Bonchev–Trinajstić information content (AvgIpc) is 2.22. The number of carbonyl (C=O) groups excluding carboxylic acids is 1. The van der Waals surface area contributed by atoms with Gasteiger partial charge in [-0.05, 0) is 5.41 Å². The number of alkyl halides is 2. The molecule has 0 aliphatic rings. The number of halogens is 2. The lowest BCUT2D eigenvalue weighted by Gasteiger charge is -2.30. The first kappa shape index (κ1) is 17.6. The van der Waals surface area contributed by atoms with Crippen LogP contribution in [0.25, 0.3) is 0 Å². The number of aliphatic carboxylic acids is 1. The summed E-state index contributed by atoms with van der Waals surface area (Å²) in [6, 6.07) is -2.14. The van der Waals surface area contributed by atoms with Gasteiger partial charge >= 0.3 is 12.0 Å². The molecule has 0 fully saturated rings. The molecule has 6 nitrogen and oxygen atoms in total. The molecule has 8 heteroatoms. The third-order valence-corrected chi connectivity index (χ3v) is 2.40. The van der Waals surface area contributed by atoms with Gasteiger partial charge in [-0.1, -0.05) is 20.8 Å². The summed E-state index contributed by atoms with van der Waals surface area (Å²) in [7, 11) is 0. The zero-order valence-electron chi connectivity index (χ0n) is 11.2. The molecule has 0 spiro atoms. The minimum Gasteiger partial charge on any atom is -0.480 e. The van der Waals surface area contributed by atoms with Crippen LogP contribution in [0.3, 0.4) is 0 Å². The summed E-state index contributed by atoms with van der Waals surface area (Å²) in [5.41, 5.74) is -0.767. The second-order valence-electron chi connectivity index (χ2n) is 5.15. The van der Waals surface area contributed by atoms with Crippen molar-refractivity contribution in [3.05, 3.63) is 0 Å². The van der Waals surface area contributed by atoms with E-state index in [1.807, 2.05) is 0 Å². The van der Waals surface area contributed by atoms with Crippen LogP contribution in [0, 0.1) is 5.41 Å². The molecule has 0 aromatic heterocycles. The summed E-state index contributed by atoms with van der Waals surface area (Å²) in [5, 5.41) is 19.9. The molecule has 0 aliphatic heterocycles. The second kappa shape index (κ2) is 7.22. The summed E-state index contributed by atoms with van der Waals surface area (Å²) >= 11 is 0.